The van der Waals surface area contributed by atoms with E-state index in [0.29, 0.717) is 0 Å². The van der Waals surface area contributed by atoms with Crippen LogP contribution < -0.4 is 10.6 Å². The van der Waals surface area contributed by atoms with E-state index in [9.17, 15) is 9.59 Å². The second kappa shape index (κ2) is 8.78. The number of rotatable bonds is 6. The van der Waals surface area contributed by atoms with Crippen LogP contribution in [0.2, 0.25) is 0 Å². The Balaban J connectivity index is 1.90. The summed E-state index contributed by atoms with van der Waals surface area (Å²) in [6.45, 7) is 3.83. The van der Waals surface area contributed by atoms with E-state index >= 15 is 0 Å². The molecule has 0 aliphatic carbocycles. The molecular formula is C19H22BrN3O2. The maximum atomic E-state index is 12.3. The molecule has 0 spiro atoms. The fourth-order valence-corrected chi connectivity index (χ4v) is 2.76. The van der Waals surface area contributed by atoms with Crippen LogP contribution in [0, 0.1) is 6.92 Å². The minimum absolute atomic E-state index is 0.124. The van der Waals surface area contributed by atoms with E-state index in [0.717, 1.165) is 21.4 Å². The van der Waals surface area contributed by atoms with Gasteiger partial charge < -0.3 is 10.6 Å². The van der Waals surface area contributed by atoms with Crippen LogP contribution in [-0.4, -0.2) is 36.3 Å². The van der Waals surface area contributed by atoms with E-state index in [2.05, 4.69) is 26.6 Å². The molecule has 0 fully saturated rings. The lowest BCUT2D eigenvalue weighted by molar-refractivity contribution is -0.122. The number of carbonyl (C=O) groups excluding carboxylic acids is 2. The zero-order valence-electron chi connectivity index (χ0n) is 14.5. The fourth-order valence-electron chi connectivity index (χ4n) is 2.29. The van der Waals surface area contributed by atoms with Crippen molar-refractivity contribution < 1.29 is 9.59 Å². The summed E-state index contributed by atoms with van der Waals surface area (Å²) in [5.41, 5.74) is 2.48. The van der Waals surface area contributed by atoms with Gasteiger partial charge in [-0.2, -0.15) is 0 Å². The van der Waals surface area contributed by atoms with Gasteiger partial charge in [0.15, 0.2) is 0 Å². The molecule has 2 N–H and O–H groups in total. The summed E-state index contributed by atoms with van der Waals surface area (Å²) in [5, 5.41) is 5.72. The van der Waals surface area contributed by atoms with Gasteiger partial charge in [-0.1, -0.05) is 34.1 Å². The normalized spacial score (nSPS) is 11.9. The van der Waals surface area contributed by atoms with Crippen LogP contribution in [0.15, 0.2) is 53.0 Å². The van der Waals surface area contributed by atoms with Gasteiger partial charge in [0.1, 0.15) is 0 Å². The average Bonchev–Trinajstić information content (AvgIpc) is 2.57. The number of likely N-dealkylation sites (N-methyl/N-ethyl adjacent to an activating group) is 1. The van der Waals surface area contributed by atoms with Crippen LogP contribution in [0.1, 0.15) is 12.5 Å². The minimum atomic E-state index is -0.433. The molecule has 5 nitrogen and oxygen atoms in total. The third-order valence-electron chi connectivity index (χ3n) is 3.94. The molecule has 2 aromatic rings. The molecule has 0 aromatic heterocycles. The molecule has 2 aromatic carbocycles. The molecule has 0 bridgehead atoms. The van der Waals surface area contributed by atoms with E-state index in [1.54, 1.807) is 18.9 Å². The van der Waals surface area contributed by atoms with Crippen molar-refractivity contribution >= 4 is 39.1 Å². The zero-order chi connectivity index (χ0) is 18.4. The number of nitrogens with zero attached hydrogens (tertiary/aromatic N) is 1. The van der Waals surface area contributed by atoms with Crippen molar-refractivity contribution in [2.45, 2.75) is 19.9 Å². The Hall–Kier alpha value is -2.18. The number of hydrogen-bond acceptors (Lipinski definition) is 3. The smallest absolute Gasteiger partial charge is 0.241 e. The summed E-state index contributed by atoms with van der Waals surface area (Å²) >= 11 is 3.40. The number of nitrogens with one attached hydrogen (secondary N) is 2. The first-order valence-corrected chi connectivity index (χ1v) is 8.78. The molecule has 6 heteroatoms. The summed E-state index contributed by atoms with van der Waals surface area (Å²) in [6.07, 6.45) is 0. The molecule has 1 atom stereocenters. The molecule has 132 valence electrons. The first-order chi connectivity index (χ1) is 11.9. The number of hydrogen-bond donors (Lipinski definition) is 2. The minimum Gasteiger partial charge on any atom is -0.325 e. The van der Waals surface area contributed by atoms with Crippen molar-refractivity contribution in [3.05, 3.63) is 58.6 Å². The van der Waals surface area contributed by atoms with Crippen molar-refractivity contribution in [3.63, 3.8) is 0 Å². The predicted molar refractivity (Wildman–Crippen MR) is 105 cm³/mol. The quantitative estimate of drug-likeness (QED) is 0.773. The molecule has 2 amide bonds. The molecule has 0 aliphatic rings. The molecule has 0 unspecified atom stereocenters. The van der Waals surface area contributed by atoms with Gasteiger partial charge in [0, 0.05) is 15.8 Å². The van der Waals surface area contributed by atoms with Crippen molar-refractivity contribution in [1.82, 2.24) is 4.90 Å². The molecule has 0 aliphatic heterocycles. The Kier molecular flexibility index (Phi) is 6.73. The van der Waals surface area contributed by atoms with Gasteiger partial charge in [0.2, 0.25) is 11.8 Å². The Bertz CT molecular complexity index is 750. The maximum Gasteiger partial charge on any atom is 0.241 e. The number of aryl methyl sites for hydroxylation is 1. The average molecular weight is 404 g/mol. The van der Waals surface area contributed by atoms with Crippen LogP contribution in [0.4, 0.5) is 11.4 Å². The van der Waals surface area contributed by atoms with Gasteiger partial charge in [-0.15, -0.1) is 0 Å². The zero-order valence-corrected chi connectivity index (χ0v) is 16.1. The Morgan fingerprint density at radius 3 is 2.44 bits per heavy atom. The van der Waals surface area contributed by atoms with Gasteiger partial charge in [-0.25, -0.2) is 0 Å². The summed E-state index contributed by atoms with van der Waals surface area (Å²) in [7, 11) is 1.75. The van der Waals surface area contributed by atoms with Crippen LogP contribution in [0.3, 0.4) is 0 Å². The highest BCUT2D eigenvalue weighted by molar-refractivity contribution is 9.10. The third kappa shape index (κ3) is 5.69. The van der Waals surface area contributed by atoms with Crippen molar-refractivity contribution in [2.75, 3.05) is 24.2 Å². The fraction of sp³-hybridized carbons (Fsp3) is 0.263. The molecular weight excluding hydrogens is 382 g/mol. The molecule has 2 rings (SSSR count). The van der Waals surface area contributed by atoms with Crippen LogP contribution in [-0.2, 0) is 9.59 Å². The van der Waals surface area contributed by atoms with Crippen LogP contribution in [0.25, 0.3) is 0 Å². The number of benzene rings is 2. The Morgan fingerprint density at radius 1 is 1.12 bits per heavy atom. The Morgan fingerprint density at radius 2 is 1.80 bits per heavy atom. The lowest BCUT2D eigenvalue weighted by Gasteiger charge is -2.23. The van der Waals surface area contributed by atoms with E-state index < -0.39 is 6.04 Å². The SMILES string of the molecule is Cc1cc(Br)ccc1NC(=O)CN(C)[C@@H](C)C(=O)Nc1ccccc1. The van der Waals surface area contributed by atoms with Gasteiger partial charge in [-0.05, 0) is 56.8 Å². The van der Waals surface area contributed by atoms with Gasteiger partial charge in [0.25, 0.3) is 0 Å². The van der Waals surface area contributed by atoms with Crippen molar-refractivity contribution in [3.8, 4) is 0 Å². The highest BCUT2D eigenvalue weighted by Crippen LogP contribution is 2.20. The predicted octanol–water partition coefficient (Wildman–Crippen LogP) is 3.66. The lowest BCUT2D eigenvalue weighted by Crippen LogP contribution is -2.43. The molecule has 0 saturated carbocycles. The highest BCUT2D eigenvalue weighted by Gasteiger charge is 2.20. The number of anilines is 2. The van der Waals surface area contributed by atoms with Crippen LogP contribution >= 0.6 is 15.9 Å². The van der Waals surface area contributed by atoms with E-state index in [4.69, 9.17) is 0 Å². The van der Waals surface area contributed by atoms with Gasteiger partial charge in [-0.3, -0.25) is 14.5 Å². The lowest BCUT2D eigenvalue weighted by atomic mass is 10.2. The number of halogens is 1. The number of para-hydroxylation sites is 1. The number of amides is 2. The maximum absolute atomic E-state index is 12.3. The van der Waals surface area contributed by atoms with Gasteiger partial charge >= 0.3 is 0 Å². The second-order valence-electron chi connectivity index (χ2n) is 5.95. The molecule has 25 heavy (non-hydrogen) atoms. The van der Waals surface area contributed by atoms with Crippen LogP contribution in [0.5, 0.6) is 0 Å². The standard InChI is InChI=1S/C19H22BrN3O2/c1-13-11-15(20)9-10-17(13)22-18(24)12-23(3)14(2)19(25)21-16-7-5-4-6-8-16/h4-11,14H,12H2,1-3H3,(H,21,25)(H,22,24)/t14-/m0/s1. The summed E-state index contributed by atoms with van der Waals surface area (Å²) in [6, 6.07) is 14.5. The first kappa shape index (κ1) is 19.1. The highest BCUT2D eigenvalue weighted by atomic mass is 79.9. The molecule has 0 saturated heterocycles. The van der Waals surface area contributed by atoms with Gasteiger partial charge in [0.05, 0.1) is 12.6 Å². The topological polar surface area (TPSA) is 61.4 Å². The summed E-state index contributed by atoms with van der Waals surface area (Å²) in [5.74, 6) is -0.311. The van der Waals surface area contributed by atoms with Crippen molar-refractivity contribution in [1.29, 1.82) is 0 Å². The van der Waals surface area contributed by atoms with E-state index in [1.807, 2.05) is 55.5 Å². The largest absolute Gasteiger partial charge is 0.325 e. The third-order valence-corrected chi connectivity index (χ3v) is 4.43. The molecule has 0 radical (unpaired) electrons. The summed E-state index contributed by atoms with van der Waals surface area (Å²) in [4.78, 5) is 26.3. The summed E-state index contributed by atoms with van der Waals surface area (Å²) < 4.78 is 0.964. The number of carbonyl (C=O) groups is 2. The monoisotopic (exact) mass is 403 g/mol. The second-order valence-corrected chi connectivity index (χ2v) is 6.87. The Labute approximate surface area is 156 Å². The molecule has 0 heterocycles. The van der Waals surface area contributed by atoms with E-state index in [1.165, 1.54) is 0 Å². The first-order valence-electron chi connectivity index (χ1n) is 7.99. The van der Waals surface area contributed by atoms with Crippen molar-refractivity contribution in [2.24, 2.45) is 0 Å². The van der Waals surface area contributed by atoms with E-state index in [-0.39, 0.29) is 18.4 Å².